The van der Waals surface area contributed by atoms with Gasteiger partial charge in [0.2, 0.25) is 0 Å². The van der Waals surface area contributed by atoms with Gasteiger partial charge >= 0.3 is 0 Å². The fourth-order valence-corrected chi connectivity index (χ4v) is 2.42. The van der Waals surface area contributed by atoms with Crippen molar-refractivity contribution in [2.24, 2.45) is 0 Å². The van der Waals surface area contributed by atoms with Crippen LogP contribution in [0.15, 0.2) is 18.2 Å². The summed E-state index contributed by atoms with van der Waals surface area (Å²) in [6.07, 6.45) is 3.47. The van der Waals surface area contributed by atoms with Gasteiger partial charge in [0.15, 0.2) is 0 Å². The smallest absolute Gasteiger partial charge is 0.295 e. The average molecular weight is 254 g/mol. The lowest BCUT2D eigenvalue weighted by Gasteiger charge is -2.29. The molecule has 1 aromatic carbocycles. The Morgan fingerprint density at radius 2 is 2.11 bits per heavy atom. The van der Waals surface area contributed by atoms with E-state index in [-0.39, 0.29) is 18.0 Å². The molecule has 1 aliphatic rings. The molecule has 0 spiro atoms. The Labute approximate surface area is 104 Å². The number of nitro benzene ring substituents is 1. The normalized spacial score (nSPS) is 17.7. The van der Waals surface area contributed by atoms with Gasteiger partial charge in [-0.2, -0.15) is 0 Å². The maximum Gasteiger partial charge on any atom is 0.295 e. The molecule has 5 nitrogen and oxygen atoms in total. The first-order valence-electron chi connectivity index (χ1n) is 5.89. The second kappa shape index (κ2) is 4.89. The molecule has 1 fully saturated rings. The second-order valence-corrected chi connectivity index (χ2v) is 4.69. The number of hydrogen-bond donors (Lipinski definition) is 2. The van der Waals surface area contributed by atoms with Gasteiger partial charge in [0.05, 0.1) is 23.1 Å². The number of hydrogen-bond acceptors (Lipinski definition) is 4. The first kappa shape index (κ1) is 12.8. The van der Waals surface area contributed by atoms with Crippen LogP contribution < -0.4 is 5.32 Å². The molecule has 2 rings (SSSR count). The third-order valence-electron chi connectivity index (χ3n) is 3.42. The second-order valence-electron chi connectivity index (χ2n) is 4.69. The largest absolute Gasteiger partial charge is 0.394 e. The molecule has 6 heteroatoms. The van der Waals surface area contributed by atoms with Crippen LogP contribution in [0.1, 0.15) is 25.7 Å². The summed E-state index contributed by atoms with van der Waals surface area (Å²) in [5, 5.41) is 23.4. The van der Waals surface area contributed by atoms with Crippen LogP contribution in [-0.2, 0) is 0 Å². The highest BCUT2D eigenvalue weighted by molar-refractivity contribution is 5.62. The Hall–Kier alpha value is -1.69. The van der Waals surface area contributed by atoms with Crippen molar-refractivity contribution >= 4 is 11.4 Å². The highest BCUT2D eigenvalue weighted by Gasteiger charge is 2.34. The summed E-state index contributed by atoms with van der Waals surface area (Å²) >= 11 is 0. The number of aliphatic hydroxyl groups excluding tert-OH is 1. The van der Waals surface area contributed by atoms with Crippen molar-refractivity contribution in [3.63, 3.8) is 0 Å². The molecule has 0 saturated heterocycles. The zero-order valence-corrected chi connectivity index (χ0v) is 9.86. The number of rotatable bonds is 4. The molecule has 0 bridgehead atoms. The summed E-state index contributed by atoms with van der Waals surface area (Å²) in [5.41, 5.74) is -0.546. The molecular weight excluding hydrogens is 239 g/mol. The van der Waals surface area contributed by atoms with Crippen LogP contribution in [0.25, 0.3) is 0 Å². The molecule has 0 aromatic heterocycles. The van der Waals surface area contributed by atoms with Crippen molar-refractivity contribution in [1.82, 2.24) is 0 Å². The number of nitro groups is 1. The number of nitrogens with one attached hydrogen (secondary N) is 1. The summed E-state index contributed by atoms with van der Waals surface area (Å²) < 4.78 is 13.0. The van der Waals surface area contributed by atoms with E-state index in [4.69, 9.17) is 0 Å². The summed E-state index contributed by atoms with van der Waals surface area (Å²) in [6.45, 7) is -0.0818. The Balaban J connectivity index is 2.30. The topological polar surface area (TPSA) is 75.4 Å². The standard InChI is InChI=1S/C12H15FN2O3/c13-9-3-4-10(11(7-9)15(17)18)14-12(8-16)5-1-2-6-12/h3-4,7,14,16H,1-2,5-6,8H2. The predicted octanol–water partition coefficient (Wildman–Crippen LogP) is 2.45. The van der Waals surface area contributed by atoms with E-state index in [9.17, 15) is 19.6 Å². The van der Waals surface area contributed by atoms with Crippen LogP contribution in [0.3, 0.4) is 0 Å². The molecule has 0 aliphatic heterocycles. The van der Waals surface area contributed by atoms with Gasteiger partial charge in [-0.05, 0) is 25.0 Å². The van der Waals surface area contributed by atoms with Crippen molar-refractivity contribution < 1.29 is 14.4 Å². The van der Waals surface area contributed by atoms with Crippen molar-refractivity contribution in [1.29, 1.82) is 0 Å². The molecule has 1 aromatic rings. The highest BCUT2D eigenvalue weighted by Crippen LogP contribution is 2.35. The van der Waals surface area contributed by atoms with E-state index < -0.39 is 16.3 Å². The average Bonchev–Trinajstić information content (AvgIpc) is 2.80. The first-order valence-corrected chi connectivity index (χ1v) is 5.89. The van der Waals surface area contributed by atoms with E-state index in [0.29, 0.717) is 0 Å². The Kier molecular flexibility index (Phi) is 3.47. The minimum Gasteiger partial charge on any atom is -0.394 e. The number of nitrogens with zero attached hydrogens (tertiary/aromatic N) is 1. The third-order valence-corrected chi connectivity index (χ3v) is 3.42. The zero-order valence-electron chi connectivity index (χ0n) is 9.86. The summed E-state index contributed by atoms with van der Waals surface area (Å²) in [7, 11) is 0. The summed E-state index contributed by atoms with van der Waals surface area (Å²) in [5.74, 6) is -0.642. The Bertz CT molecular complexity index is 459. The van der Waals surface area contributed by atoms with Crippen molar-refractivity contribution in [2.75, 3.05) is 11.9 Å². The van der Waals surface area contributed by atoms with Crippen molar-refractivity contribution in [3.8, 4) is 0 Å². The molecule has 2 N–H and O–H groups in total. The molecule has 0 amide bonds. The predicted molar refractivity (Wildman–Crippen MR) is 65.0 cm³/mol. The van der Waals surface area contributed by atoms with Gasteiger partial charge in [0.25, 0.3) is 5.69 Å². The van der Waals surface area contributed by atoms with Crippen LogP contribution in [0, 0.1) is 15.9 Å². The van der Waals surface area contributed by atoms with Gasteiger partial charge in [-0.15, -0.1) is 0 Å². The van der Waals surface area contributed by atoms with E-state index in [1.807, 2.05) is 0 Å². The van der Waals surface area contributed by atoms with Gasteiger partial charge in [-0.25, -0.2) is 4.39 Å². The van der Waals surface area contributed by atoms with Gasteiger partial charge < -0.3 is 10.4 Å². The zero-order chi connectivity index (χ0) is 13.2. The van der Waals surface area contributed by atoms with Gasteiger partial charge in [-0.1, -0.05) is 12.8 Å². The SMILES string of the molecule is O=[N+]([O-])c1cc(F)ccc1NC1(CO)CCCC1. The highest BCUT2D eigenvalue weighted by atomic mass is 19.1. The molecule has 0 unspecified atom stereocenters. The van der Waals surface area contributed by atoms with E-state index >= 15 is 0 Å². The summed E-state index contributed by atoms with van der Waals surface area (Å²) in [6, 6.07) is 3.42. The lowest BCUT2D eigenvalue weighted by Crippen LogP contribution is -2.39. The number of anilines is 1. The monoisotopic (exact) mass is 254 g/mol. The van der Waals surface area contributed by atoms with Gasteiger partial charge in [-0.3, -0.25) is 10.1 Å². The van der Waals surface area contributed by atoms with E-state index in [1.54, 1.807) is 0 Å². The molecular formula is C12H15FN2O3. The van der Waals surface area contributed by atoms with Crippen molar-refractivity contribution in [2.45, 2.75) is 31.2 Å². The minimum absolute atomic E-state index is 0.0818. The molecule has 0 atom stereocenters. The third kappa shape index (κ3) is 2.43. The van der Waals surface area contributed by atoms with Crippen LogP contribution in [0.2, 0.25) is 0 Å². The van der Waals surface area contributed by atoms with Crippen LogP contribution in [0.5, 0.6) is 0 Å². The van der Waals surface area contributed by atoms with Crippen LogP contribution in [-0.4, -0.2) is 22.2 Å². The van der Waals surface area contributed by atoms with E-state index in [0.717, 1.165) is 31.7 Å². The fraction of sp³-hybridized carbons (Fsp3) is 0.500. The summed E-state index contributed by atoms with van der Waals surface area (Å²) in [4.78, 5) is 10.3. The van der Waals surface area contributed by atoms with E-state index in [1.165, 1.54) is 12.1 Å². The van der Waals surface area contributed by atoms with Crippen LogP contribution in [0.4, 0.5) is 15.8 Å². The maximum absolute atomic E-state index is 13.0. The number of benzene rings is 1. The van der Waals surface area contributed by atoms with Gasteiger partial charge in [0, 0.05) is 0 Å². The number of aliphatic hydroxyl groups is 1. The lowest BCUT2D eigenvalue weighted by atomic mass is 9.98. The van der Waals surface area contributed by atoms with Crippen LogP contribution >= 0.6 is 0 Å². The van der Waals surface area contributed by atoms with Crippen molar-refractivity contribution in [3.05, 3.63) is 34.1 Å². The fourth-order valence-electron chi connectivity index (χ4n) is 2.42. The Morgan fingerprint density at radius 3 is 2.67 bits per heavy atom. The molecule has 1 aliphatic carbocycles. The molecule has 0 radical (unpaired) electrons. The van der Waals surface area contributed by atoms with E-state index in [2.05, 4.69) is 5.32 Å². The molecule has 1 saturated carbocycles. The Morgan fingerprint density at radius 1 is 1.44 bits per heavy atom. The molecule has 98 valence electrons. The lowest BCUT2D eigenvalue weighted by molar-refractivity contribution is -0.384. The molecule has 18 heavy (non-hydrogen) atoms. The molecule has 0 heterocycles. The van der Waals surface area contributed by atoms with Gasteiger partial charge in [0.1, 0.15) is 11.5 Å². The number of halogens is 1. The first-order chi connectivity index (χ1) is 8.56. The quantitative estimate of drug-likeness (QED) is 0.639. The maximum atomic E-state index is 13.0. The minimum atomic E-state index is -0.642.